The zero-order valence-electron chi connectivity index (χ0n) is 27.6. The van der Waals surface area contributed by atoms with E-state index in [2.05, 4.69) is 146 Å². The van der Waals surface area contributed by atoms with E-state index in [1.807, 2.05) is 30.3 Å². The fourth-order valence-corrected chi connectivity index (χ4v) is 8.27. The summed E-state index contributed by atoms with van der Waals surface area (Å²) in [6, 6.07) is 63.5. The minimum atomic E-state index is 0.641. The minimum absolute atomic E-state index is 0.641. The Balaban J connectivity index is 1.11. The summed E-state index contributed by atoms with van der Waals surface area (Å²) in [5, 5.41) is 14.8. The molecule has 0 N–H and O–H groups in total. The van der Waals surface area contributed by atoms with Crippen LogP contribution in [-0.2, 0) is 0 Å². The van der Waals surface area contributed by atoms with Gasteiger partial charge in [-0.3, -0.25) is 0 Å². The molecule has 2 nitrogen and oxygen atoms in total. The Morgan fingerprint density at radius 2 is 0.824 bits per heavy atom. The SMILES string of the molecule is c1ccc(-c2nc3ccc4ccc5ccc(-c6ccc(-c7ccc8c9ccccc9c9ccccc9c8c7)c7ccccc67)cc5c4c3o2)cc1. The summed E-state index contributed by atoms with van der Waals surface area (Å²) in [5.41, 5.74) is 7.50. The normalized spacial score (nSPS) is 11.9. The smallest absolute Gasteiger partial charge is 0.227 e. The Labute approximate surface area is 293 Å². The van der Waals surface area contributed by atoms with Crippen LogP contribution in [0.4, 0.5) is 0 Å². The Morgan fingerprint density at radius 3 is 1.49 bits per heavy atom. The molecular formula is C49H29NO. The van der Waals surface area contributed by atoms with Gasteiger partial charge in [0.25, 0.3) is 0 Å². The summed E-state index contributed by atoms with van der Waals surface area (Å²) < 4.78 is 6.53. The highest BCUT2D eigenvalue weighted by atomic mass is 16.3. The molecule has 1 heterocycles. The van der Waals surface area contributed by atoms with Crippen LogP contribution in [0.1, 0.15) is 0 Å². The summed E-state index contributed by atoms with van der Waals surface area (Å²) in [6.07, 6.45) is 0. The molecule has 0 spiro atoms. The van der Waals surface area contributed by atoms with Gasteiger partial charge < -0.3 is 4.42 Å². The number of benzene rings is 10. The highest BCUT2D eigenvalue weighted by Crippen LogP contribution is 2.42. The van der Waals surface area contributed by atoms with Gasteiger partial charge in [-0.1, -0.05) is 146 Å². The van der Waals surface area contributed by atoms with Crippen molar-refractivity contribution in [3.05, 3.63) is 176 Å². The van der Waals surface area contributed by atoms with Crippen molar-refractivity contribution < 1.29 is 4.42 Å². The molecule has 0 amide bonds. The lowest BCUT2D eigenvalue weighted by Crippen LogP contribution is -1.88. The molecule has 10 aromatic carbocycles. The lowest BCUT2D eigenvalue weighted by molar-refractivity contribution is 0.623. The number of hydrogen-bond acceptors (Lipinski definition) is 2. The van der Waals surface area contributed by atoms with Gasteiger partial charge in [0.15, 0.2) is 5.58 Å². The number of rotatable bonds is 3. The van der Waals surface area contributed by atoms with Crippen LogP contribution in [0.25, 0.3) is 109 Å². The van der Waals surface area contributed by atoms with Gasteiger partial charge in [-0.25, -0.2) is 4.98 Å². The van der Waals surface area contributed by atoms with Gasteiger partial charge >= 0.3 is 0 Å². The number of nitrogens with zero attached hydrogens (tertiary/aromatic N) is 1. The maximum Gasteiger partial charge on any atom is 0.227 e. The fraction of sp³-hybridized carbons (Fsp3) is 0. The molecule has 0 aliphatic carbocycles. The molecule has 236 valence electrons. The van der Waals surface area contributed by atoms with Gasteiger partial charge in [-0.15, -0.1) is 0 Å². The number of fused-ring (bicyclic) bond motifs is 12. The zero-order chi connectivity index (χ0) is 33.5. The highest BCUT2D eigenvalue weighted by molar-refractivity contribution is 6.26. The molecule has 0 saturated heterocycles. The van der Waals surface area contributed by atoms with Crippen LogP contribution in [-0.4, -0.2) is 4.98 Å². The molecule has 0 fully saturated rings. The summed E-state index contributed by atoms with van der Waals surface area (Å²) in [4.78, 5) is 4.88. The van der Waals surface area contributed by atoms with Crippen LogP contribution in [0.2, 0.25) is 0 Å². The van der Waals surface area contributed by atoms with E-state index >= 15 is 0 Å². The van der Waals surface area contributed by atoms with E-state index in [0.717, 1.165) is 32.8 Å². The van der Waals surface area contributed by atoms with E-state index in [-0.39, 0.29) is 0 Å². The molecule has 0 bridgehead atoms. The fourth-order valence-electron chi connectivity index (χ4n) is 8.27. The molecule has 11 rings (SSSR count). The Hall–Kier alpha value is -6.77. The summed E-state index contributed by atoms with van der Waals surface area (Å²) in [6.45, 7) is 0. The highest BCUT2D eigenvalue weighted by Gasteiger charge is 2.16. The van der Waals surface area contributed by atoms with Gasteiger partial charge in [-0.2, -0.15) is 0 Å². The molecule has 1 aromatic heterocycles. The van der Waals surface area contributed by atoms with E-state index in [9.17, 15) is 0 Å². The van der Waals surface area contributed by atoms with Gasteiger partial charge in [0.05, 0.1) is 0 Å². The molecule has 11 aromatic rings. The molecule has 2 heteroatoms. The van der Waals surface area contributed by atoms with Crippen molar-refractivity contribution in [2.75, 3.05) is 0 Å². The third-order valence-corrected chi connectivity index (χ3v) is 10.7. The Morgan fingerprint density at radius 1 is 0.333 bits per heavy atom. The third kappa shape index (κ3) is 4.27. The van der Waals surface area contributed by atoms with Gasteiger partial charge in [-0.05, 0) is 112 Å². The predicted molar refractivity (Wildman–Crippen MR) is 215 cm³/mol. The monoisotopic (exact) mass is 647 g/mol. The Kier molecular flexibility index (Phi) is 5.99. The summed E-state index contributed by atoms with van der Waals surface area (Å²) >= 11 is 0. The predicted octanol–water partition coefficient (Wildman–Crippen LogP) is 13.7. The molecule has 0 unspecified atom stereocenters. The molecule has 0 saturated carbocycles. The van der Waals surface area contributed by atoms with Gasteiger partial charge in [0, 0.05) is 10.9 Å². The van der Waals surface area contributed by atoms with Crippen molar-refractivity contribution in [2.24, 2.45) is 0 Å². The van der Waals surface area contributed by atoms with E-state index in [1.54, 1.807) is 0 Å². The second-order valence-corrected chi connectivity index (χ2v) is 13.5. The molecule has 0 atom stereocenters. The second-order valence-electron chi connectivity index (χ2n) is 13.5. The van der Waals surface area contributed by atoms with Crippen molar-refractivity contribution in [2.45, 2.75) is 0 Å². The van der Waals surface area contributed by atoms with Gasteiger partial charge in [0.2, 0.25) is 5.89 Å². The van der Waals surface area contributed by atoms with Crippen LogP contribution in [0.3, 0.4) is 0 Å². The molecule has 51 heavy (non-hydrogen) atoms. The van der Waals surface area contributed by atoms with Crippen molar-refractivity contribution in [3.63, 3.8) is 0 Å². The molecule has 0 aliphatic rings. The zero-order valence-corrected chi connectivity index (χ0v) is 27.6. The summed E-state index contributed by atoms with van der Waals surface area (Å²) in [5.74, 6) is 0.641. The van der Waals surface area contributed by atoms with E-state index in [4.69, 9.17) is 9.40 Å². The third-order valence-electron chi connectivity index (χ3n) is 10.7. The second kappa shape index (κ2) is 10.9. The van der Waals surface area contributed by atoms with Crippen LogP contribution in [0.15, 0.2) is 180 Å². The lowest BCUT2D eigenvalue weighted by Gasteiger charge is -2.15. The topological polar surface area (TPSA) is 26.0 Å². The first-order valence-electron chi connectivity index (χ1n) is 17.5. The van der Waals surface area contributed by atoms with Gasteiger partial charge in [0.1, 0.15) is 5.52 Å². The first kappa shape index (κ1) is 28.1. The van der Waals surface area contributed by atoms with E-state index in [1.165, 1.54) is 70.7 Å². The quantitative estimate of drug-likeness (QED) is 0.178. The largest absolute Gasteiger partial charge is 0.435 e. The van der Waals surface area contributed by atoms with Crippen molar-refractivity contribution >= 4 is 75.7 Å². The molecule has 0 aliphatic heterocycles. The maximum absolute atomic E-state index is 6.53. The Bertz CT molecular complexity index is 3150. The standard InChI is InChI=1S/C49H29NO/c1-2-10-32(11-3-1)49-50-46-27-23-31-20-18-30-19-21-33(28-44(30)47(31)48(46)51-49)35-25-26-36(38-13-5-4-12-37(35)38)34-22-24-43-41-16-7-6-14-39(41)40-15-8-9-17-42(40)45(43)29-34/h1-29H. The van der Waals surface area contributed by atoms with Crippen molar-refractivity contribution in [1.82, 2.24) is 4.98 Å². The van der Waals surface area contributed by atoms with Crippen LogP contribution in [0.5, 0.6) is 0 Å². The number of hydrogen-bond donors (Lipinski definition) is 0. The van der Waals surface area contributed by atoms with Crippen molar-refractivity contribution in [1.29, 1.82) is 0 Å². The lowest BCUT2D eigenvalue weighted by atomic mass is 9.88. The average molecular weight is 648 g/mol. The molecular weight excluding hydrogens is 619 g/mol. The number of oxazole rings is 1. The van der Waals surface area contributed by atoms with E-state index < -0.39 is 0 Å². The number of aromatic nitrogens is 1. The van der Waals surface area contributed by atoms with Crippen LogP contribution < -0.4 is 0 Å². The minimum Gasteiger partial charge on any atom is -0.435 e. The maximum atomic E-state index is 6.53. The first-order chi connectivity index (χ1) is 25.3. The summed E-state index contributed by atoms with van der Waals surface area (Å²) in [7, 11) is 0. The van der Waals surface area contributed by atoms with Crippen LogP contribution >= 0.6 is 0 Å². The molecule has 0 radical (unpaired) electrons. The first-order valence-corrected chi connectivity index (χ1v) is 17.5. The van der Waals surface area contributed by atoms with E-state index in [0.29, 0.717) is 5.89 Å². The van der Waals surface area contributed by atoms with Crippen molar-refractivity contribution in [3.8, 4) is 33.7 Å². The average Bonchev–Trinajstić information content (AvgIpc) is 3.65. The van der Waals surface area contributed by atoms with Crippen LogP contribution in [0, 0.1) is 0 Å².